The van der Waals surface area contributed by atoms with Crippen LogP contribution < -0.4 is 5.73 Å². The lowest BCUT2D eigenvalue weighted by Crippen LogP contribution is -2.74. The molecule has 0 radical (unpaired) electrons. The van der Waals surface area contributed by atoms with Gasteiger partial charge in [0, 0.05) is 49.4 Å². The van der Waals surface area contributed by atoms with Gasteiger partial charge in [0.05, 0.1) is 24.1 Å². The van der Waals surface area contributed by atoms with Crippen LogP contribution in [0.25, 0.3) is 0 Å². The smallest absolute Gasteiger partial charge is 0.235 e. The number of nitrogens with two attached hydrogens (primary N) is 1. The predicted octanol–water partition coefficient (Wildman–Crippen LogP) is -1.03. The van der Waals surface area contributed by atoms with Crippen molar-refractivity contribution in [3.05, 3.63) is 28.1 Å². The Bertz CT molecular complexity index is 1300. The van der Waals surface area contributed by atoms with Crippen molar-refractivity contribution in [3.63, 3.8) is 0 Å². The van der Waals surface area contributed by atoms with Crippen molar-refractivity contribution in [2.45, 2.75) is 37.6 Å². The molecule has 0 spiro atoms. The number of halogens is 1. The summed E-state index contributed by atoms with van der Waals surface area (Å²) in [7, 11) is 4.55. The Kier molecular flexibility index (Phi) is 6.29. The lowest BCUT2D eigenvalue weighted by atomic mass is 9.52. The van der Waals surface area contributed by atoms with Crippen LogP contribution >= 0.6 is 0 Å². The number of rotatable bonds is 5. The number of carbonyl (C=O) groups excluding carboxylic acids is 5. The number of amides is 1. The fraction of sp³-hybridized carbons (Fsp3) is 0.577. The summed E-state index contributed by atoms with van der Waals surface area (Å²) in [5, 5.41) is 22.7. The van der Waals surface area contributed by atoms with Gasteiger partial charge >= 0.3 is 0 Å². The highest BCUT2D eigenvalue weighted by Gasteiger charge is 2.69. The van der Waals surface area contributed by atoms with Crippen LogP contribution in [-0.4, -0.2) is 95.1 Å². The van der Waals surface area contributed by atoms with Crippen LogP contribution in [-0.2, 0) is 43.4 Å². The zero-order valence-corrected chi connectivity index (χ0v) is 21.3. The minimum atomic E-state index is -2.81. The molecule has 2 saturated carbocycles. The lowest BCUT2D eigenvalue weighted by Gasteiger charge is -2.52. The predicted molar refractivity (Wildman–Crippen MR) is 127 cm³/mol. The number of primary amides is 1. The second kappa shape index (κ2) is 9.01. The van der Waals surface area contributed by atoms with Crippen molar-refractivity contribution >= 4 is 29.0 Å². The Morgan fingerprint density at radius 3 is 2.42 bits per heavy atom. The second-order valence-corrected chi connectivity index (χ2v) is 11.0. The topological polar surface area (TPSA) is 168 Å². The number of fused-ring (bicyclic) bond motifs is 4. The summed E-state index contributed by atoms with van der Waals surface area (Å²) in [6.07, 6.45) is -0.224. The number of Topliss-reactive ketones (excluding diaryl/α,β-unsaturated/α-hetero) is 4. The average Bonchev–Trinajstić information content (AvgIpc) is 3.28. The summed E-state index contributed by atoms with van der Waals surface area (Å²) in [4.78, 5) is 69.3. The Hall–Kier alpha value is -3.06. The quantitative estimate of drug-likeness (QED) is 0.400. The molecule has 0 saturated heterocycles. The number of phenols is 1. The van der Waals surface area contributed by atoms with E-state index in [0.29, 0.717) is 13.2 Å². The van der Waals surface area contributed by atoms with E-state index in [0.717, 1.165) is 0 Å². The first-order valence-electron chi connectivity index (χ1n) is 12.5. The van der Waals surface area contributed by atoms with Crippen molar-refractivity contribution < 1.29 is 43.3 Å². The molecule has 5 rings (SSSR count). The first-order valence-corrected chi connectivity index (χ1v) is 12.5. The molecular formula is C26H30FN3O8. The number of aromatic hydroxyl groups is 1. The van der Waals surface area contributed by atoms with Crippen molar-refractivity contribution in [1.29, 1.82) is 0 Å². The van der Waals surface area contributed by atoms with Gasteiger partial charge in [-0.2, -0.15) is 0 Å². The summed E-state index contributed by atoms with van der Waals surface area (Å²) in [5.41, 5.74) is 2.71. The third kappa shape index (κ3) is 3.43. The largest absolute Gasteiger partial charge is 0.507 e. The van der Waals surface area contributed by atoms with Gasteiger partial charge in [-0.1, -0.05) is 0 Å². The molecule has 11 nitrogen and oxygen atoms in total. The zero-order valence-electron chi connectivity index (χ0n) is 21.3. The molecule has 6 unspecified atom stereocenters. The highest BCUT2D eigenvalue weighted by molar-refractivity contribution is 6.32. The summed E-state index contributed by atoms with van der Waals surface area (Å²) >= 11 is 0. The number of aliphatic hydroxyl groups is 1. The molecule has 2 fully saturated rings. The molecule has 0 aromatic heterocycles. The van der Waals surface area contributed by atoms with Gasteiger partial charge in [0.25, 0.3) is 0 Å². The van der Waals surface area contributed by atoms with Crippen LogP contribution in [0.3, 0.4) is 0 Å². The molecule has 6 atom stereocenters. The average molecular weight is 532 g/mol. The molecule has 38 heavy (non-hydrogen) atoms. The molecule has 1 heterocycles. The molecule has 204 valence electrons. The first-order chi connectivity index (χ1) is 17.9. The monoisotopic (exact) mass is 531 g/mol. The molecule has 1 aliphatic heterocycles. The second-order valence-electron chi connectivity index (χ2n) is 11.0. The van der Waals surface area contributed by atoms with Crippen LogP contribution in [0.15, 0.2) is 0 Å². The molecule has 4 aliphatic rings. The number of methoxy groups -OCH3 is 1. The molecule has 1 amide bonds. The maximum absolute atomic E-state index is 15.8. The Morgan fingerprint density at radius 1 is 1.16 bits per heavy atom. The van der Waals surface area contributed by atoms with E-state index in [2.05, 4.69) is 0 Å². The van der Waals surface area contributed by atoms with Gasteiger partial charge in [-0.25, -0.2) is 4.39 Å². The number of benzene rings is 1. The molecule has 0 bridgehead atoms. The molecule has 3 aliphatic carbocycles. The summed E-state index contributed by atoms with van der Waals surface area (Å²) in [6, 6.07) is -1.20. The van der Waals surface area contributed by atoms with Gasteiger partial charge in [-0.05, 0) is 32.9 Å². The number of carbonyl (C=O) groups is 5. The van der Waals surface area contributed by atoms with Gasteiger partial charge in [0.2, 0.25) is 5.91 Å². The first kappa shape index (κ1) is 26.5. The summed E-state index contributed by atoms with van der Waals surface area (Å²) in [6.45, 7) is 1.26. The SMILES string of the molecule is COCCN1Cc2c(O)c3c(c(F)c2C1)CC1CC2C(N(C)C)C(=O)C(C(N)=O)C(=O)C2(O)C(=O)C1C3=O. The molecule has 4 N–H and O–H groups in total. The number of nitrogens with zero attached hydrogens (tertiary/aromatic N) is 2. The van der Waals surface area contributed by atoms with E-state index in [9.17, 15) is 34.2 Å². The number of likely N-dealkylation sites (N-methyl/N-ethyl adjacent to an activating group) is 1. The minimum absolute atomic E-state index is 0.00999. The third-order valence-electron chi connectivity index (χ3n) is 8.75. The Balaban J connectivity index is 1.60. The van der Waals surface area contributed by atoms with Gasteiger partial charge < -0.3 is 20.7 Å². The van der Waals surface area contributed by atoms with E-state index in [1.165, 1.54) is 26.1 Å². The third-order valence-corrected chi connectivity index (χ3v) is 8.75. The van der Waals surface area contributed by atoms with Crippen LogP contribution in [0.5, 0.6) is 5.75 Å². The molecule has 1 aromatic carbocycles. The standard InChI is InChI=1S/C26H30FN3O8/c1-29(2)19-14-7-10-6-11-16(20(31)13-9-30(4-5-38-3)8-12(13)18(11)27)21(32)15(10)23(34)26(14,37)24(35)17(22(19)33)25(28)36/h10,14-15,17,19,31,37H,4-9H2,1-3H3,(H2,28,36). The fourth-order valence-corrected chi connectivity index (χ4v) is 7.02. The van der Waals surface area contributed by atoms with Crippen LogP contribution in [0, 0.1) is 29.5 Å². The van der Waals surface area contributed by atoms with E-state index in [-0.39, 0.29) is 48.2 Å². The number of phenolic OH excluding ortho intramolecular Hbond substituents is 1. The van der Waals surface area contributed by atoms with E-state index in [1.807, 2.05) is 4.90 Å². The number of ether oxygens (including phenoxy) is 1. The highest BCUT2D eigenvalue weighted by atomic mass is 19.1. The molecule has 1 aromatic rings. The Labute approximate surface area is 217 Å². The van der Waals surface area contributed by atoms with Crippen LogP contribution in [0.1, 0.15) is 33.5 Å². The van der Waals surface area contributed by atoms with E-state index in [1.54, 1.807) is 0 Å². The van der Waals surface area contributed by atoms with Gasteiger partial charge in [0.15, 0.2) is 34.7 Å². The maximum Gasteiger partial charge on any atom is 0.235 e. The summed E-state index contributed by atoms with van der Waals surface area (Å²) in [5.74, 6) is -12.2. The number of hydrogen-bond acceptors (Lipinski definition) is 10. The molecular weight excluding hydrogens is 501 g/mol. The maximum atomic E-state index is 15.8. The summed E-state index contributed by atoms with van der Waals surface area (Å²) < 4.78 is 20.9. The van der Waals surface area contributed by atoms with Crippen molar-refractivity contribution in [3.8, 4) is 5.75 Å². The van der Waals surface area contributed by atoms with Gasteiger partial charge in [-0.15, -0.1) is 0 Å². The molecule has 12 heteroatoms. The van der Waals surface area contributed by atoms with Crippen LogP contribution in [0.2, 0.25) is 0 Å². The van der Waals surface area contributed by atoms with E-state index in [4.69, 9.17) is 10.5 Å². The number of ketones is 4. The fourth-order valence-electron chi connectivity index (χ4n) is 7.02. The van der Waals surface area contributed by atoms with E-state index < -0.39 is 75.9 Å². The van der Waals surface area contributed by atoms with Crippen LogP contribution in [0.4, 0.5) is 4.39 Å². The normalized spacial score (nSPS) is 32.7. The van der Waals surface area contributed by atoms with Gasteiger partial charge in [0.1, 0.15) is 11.6 Å². The van der Waals surface area contributed by atoms with Gasteiger partial charge in [-0.3, -0.25) is 33.8 Å². The van der Waals surface area contributed by atoms with Crippen molar-refractivity contribution in [1.82, 2.24) is 9.80 Å². The van der Waals surface area contributed by atoms with Crippen molar-refractivity contribution in [2.75, 3.05) is 34.4 Å². The number of hydrogen-bond donors (Lipinski definition) is 3. The zero-order chi connectivity index (χ0) is 27.8. The minimum Gasteiger partial charge on any atom is -0.507 e. The van der Waals surface area contributed by atoms with Crippen molar-refractivity contribution in [2.24, 2.45) is 29.4 Å². The lowest BCUT2D eigenvalue weighted by molar-refractivity contribution is -0.181. The highest BCUT2D eigenvalue weighted by Crippen LogP contribution is 2.52. The van der Waals surface area contributed by atoms with E-state index >= 15 is 4.39 Å². The Morgan fingerprint density at radius 2 is 1.82 bits per heavy atom.